The van der Waals surface area contributed by atoms with Gasteiger partial charge in [0.1, 0.15) is 5.71 Å². The summed E-state index contributed by atoms with van der Waals surface area (Å²) >= 11 is 0. The third-order valence-electron chi connectivity index (χ3n) is 4.31. The smallest absolute Gasteiger partial charge is 0.240 e. The van der Waals surface area contributed by atoms with Gasteiger partial charge in [0.2, 0.25) is 20.0 Å². The zero-order chi connectivity index (χ0) is 21.2. The Kier molecular flexibility index (Phi) is 6.03. The molecule has 0 aromatic heterocycles. The summed E-state index contributed by atoms with van der Waals surface area (Å²) in [6.45, 7) is -1.02. The van der Waals surface area contributed by atoms with Gasteiger partial charge in [-0.15, -0.1) is 0 Å². The SMILES string of the molecule is O=S(=O)(NCCO)c1ccc2c(c1)C(=NO)c1cc(S(=O)(=O)NCCO)ccc1-2. The molecule has 0 amide bonds. The van der Waals surface area contributed by atoms with Crippen molar-refractivity contribution in [2.75, 3.05) is 26.3 Å². The van der Waals surface area contributed by atoms with Gasteiger partial charge in [-0.1, -0.05) is 17.3 Å². The molecule has 0 heterocycles. The summed E-state index contributed by atoms with van der Waals surface area (Å²) < 4.78 is 53.7. The zero-order valence-corrected chi connectivity index (χ0v) is 16.7. The van der Waals surface area contributed by atoms with E-state index in [1.807, 2.05) is 0 Å². The molecule has 3 rings (SSSR count). The average molecular weight is 441 g/mol. The largest absolute Gasteiger partial charge is 0.410 e. The molecule has 0 spiro atoms. The van der Waals surface area contributed by atoms with Gasteiger partial charge in [0.15, 0.2) is 0 Å². The molecule has 12 heteroatoms. The van der Waals surface area contributed by atoms with Gasteiger partial charge in [0, 0.05) is 24.2 Å². The summed E-state index contributed by atoms with van der Waals surface area (Å²) in [5, 5.41) is 30.4. The number of benzene rings is 2. The minimum atomic E-state index is -3.88. The molecule has 0 fully saturated rings. The van der Waals surface area contributed by atoms with Crippen LogP contribution in [-0.2, 0) is 20.0 Å². The van der Waals surface area contributed by atoms with Crippen LogP contribution in [0.2, 0.25) is 0 Å². The van der Waals surface area contributed by atoms with E-state index in [1.54, 1.807) is 0 Å². The van der Waals surface area contributed by atoms with E-state index >= 15 is 0 Å². The van der Waals surface area contributed by atoms with Crippen LogP contribution in [0.15, 0.2) is 51.3 Å². The number of hydrogen-bond donors (Lipinski definition) is 5. The lowest BCUT2D eigenvalue weighted by molar-refractivity contribution is 0.300. The van der Waals surface area contributed by atoms with Crippen LogP contribution < -0.4 is 9.44 Å². The highest BCUT2D eigenvalue weighted by atomic mass is 32.2. The van der Waals surface area contributed by atoms with Crippen molar-refractivity contribution in [2.24, 2.45) is 5.16 Å². The zero-order valence-electron chi connectivity index (χ0n) is 15.0. The Balaban J connectivity index is 2.07. The molecule has 0 radical (unpaired) electrons. The van der Waals surface area contributed by atoms with Crippen LogP contribution in [0.25, 0.3) is 11.1 Å². The molecule has 0 aliphatic heterocycles. The first-order valence-electron chi connectivity index (χ1n) is 8.47. The molecule has 5 N–H and O–H groups in total. The van der Waals surface area contributed by atoms with E-state index in [0.717, 1.165) is 0 Å². The van der Waals surface area contributed by atoms with Crippen LogP contribution in [-0.4, -0.2) is 64.3 Å². The maximum absolute atomic E-state index is 12.3. The van der Waals surface area contributed by atoms with Gasteiger partial charge in [-0.2, -0.15) is 0 Å². The first-order chi connectivity index (χ1) is 13.7. The highest BCUT2D eigenvalue weighted by Crippen LogP contribution is 2.39. The summed E-state index contributed by atoms with van der Waals surface area (Å²) in [6.07, 6.45) is 0. The fraction of sp³-hybridized carbons (Fsp3) is 0.235. The fourth-order valence-corrected chi connectivity index (χ4v) is 5.12. The average Bonchev–Trinajstić information content (AvgIpc) is 3.03. The van der Waals surface area contributed by atoms with Crippen molar-refractivity contribution < 1.29 is 32.3 Å². The van der Waals surface area contributed by atoms with E-state index < -0.39 is 20.0 Å². The van der Waals surface area contributed by atoms with Crippen LogP contribution in [0.4, 0.5) is 0 Å². The second-order valence-electron chi connectivity index (χ2n) is 6.11. The summed E-state index contributed by atoms with van der Waals surface area (Å²) in [5.74, 6) is 0. The molecule has 156 valence electrons. The number of nitrogens with one attached hydrogen (secondary N) is 2. The monoisotopic (exact) mass is 441 g/mol. The molecule has 1 aliphatic carbocycles. The van der Waals surface area contributed by atoms with Crippen molar-refractivity contribution in [1.29, 1.82) is 0 Å². The van der Waals surface area contributed by atoms with Gasteiger partial charge in [-0.05, 0) is 35.4 Å². The Morgan fingerprint density at radius 2 is 1.14 bits per heavy atom. The summed E-state index contributed by atoms with van der Waals surface area (Å²) in [6, 6.07) is 8.47. The van der Waals surface area contributed by atoms with Crippen LogP contribution >= 0.6 is 0 Å². The Morgan fingerprint density at radius 1 is 0.724 bits per heavy atom. The topological polar surface area (TPSA) is 165 Å². The second-order valence-corrected chi connectivity index (χ2v) is 9.64. The minimum Gasteiger partial charge on any atom is -0.410 e. The standard InChI is InChI=1S/C17H19N3O7S2/c21-7-5-18-28(24,25)11-1-3-13-14-4-2-12(29(26,27)19-6-8-22)10-16(14)17(20-23)15(13)9-11/h1-4,9-10,18-19,21-23H,5-8H2. The Hall–Kier alpha value is -2.35. The van der Waals surface area contributed by atoms with E-state index in [2.05, 4.69) is 14.6 Å². The predicted octanol–water partition coefficient (Wildman–Crippen LogP) is -0.565. The molecular formula is C17H19N3O7S2. The molecule has 0 bridgehead atoms. The molecule has 2 aromatic rings. The van der Waals surface area contributed by atoms with E-state index in [0.29, 0.717) is 22.3 Å². The van der Waals surface area contributed by atoms with Crippen molar-refractivity contribution in [3.8, 4) is 11.1 Å². The number of fused-ring (bicyclic) bond motifs is 3. The van der Waals surface area contributed by atoms with Crippen LogP contribution in [0.3, 0.4) is 0 Å². The molecule has 0 saturated carbocycles. The van der Waals surface area contributed by atoms with Crippen molar-refractivity contribution in [3.63, 3.8) is 0 Å². The molecule has 0 atom stereocenters. The normalized spacial score (nSPS) is 13.2. The van der Waals surface area contributed by atoms with Crippen molar-refractivity contribution >= 4 is 25.8 Å². The van der Waals surface area contributed by atoms with E-state index in [4.69, 9.17) is 10.2 Å². The van der Waals surface area contributed by atoms with Gasteiger partial charge < -0.3 is 15.4 Å². The number of aliphatic hydroxyl groups is 2. The Labute approximate surface area is 167 Å². The third kappa shape index (κ3) is 4.03. The lowest BCUT2D eigenvalue weighted by Crippen LogP contribution is -2.26. The number of oxime groups is 1. The van der Waals surface area contributed by atoms with Crippen LogP contribution in [0.1, 0.15) is 11.1 Å². The second kappa shape index (κ2) is 8.18. The predicted molar refractivity (Wildman–Crippen MR) is 104 cm³/mol. The number of hydrogen-bond acceptors (Lipinski definition) is 8. The highest BCUT2D eigenvalue weighted by Gasteiger charge is 2.29. The highest BCUT2D eigenvalue weighted by molar-refractivity contribution is 7.89. The maximum Gasteiger partial charge on any atom is 0.240 e. The van der Waals surface area contributed by atoms with Crippen molar-refractivity contribution in [3.05, 3.63) is 47.5 Å². The fourth-order valence-electron chi connectivity index (χ4n) is 3.02. The molecule has 2 aromatic carbocycles. The number of aliphatic hydroxyl groups excluding tert-OH is 2. The van der Waals surface area contributed by atoms with Crippen LogP contribution in [0, 0.1) is 0 Å². The quantitative estimate of drug-likeness (QED) is 0.231. The van der Waals surface area contributed by atoms with Crippen molar-refractivity contribution in [2.45, 2.75) is 9.79 Å². The Bertz CT molecular complexity index is 1090. The van der Waals surface area contributed by atoms with E-state index in [-0.39, 0.29) is 41.8 Å². The van der Waals surface area contributed by atoms with E-state index in [9.17, 15) is 22.0 Å². The molecule has 10 nitrogen and oxygen atoms in total. The van der Waals surface area contributed by atoms with Crippen molar-refractivity contribution in [1.82, 2.24) is 9.44 Å². The van der Waals surface area contributed by atoms with Gasteiger partial charge in [-0.3, -0.25) is 0 Å². The van der Waals surface area contributed by atoms with Gasteiger partial charge in [0.05, 0.1) is 23.0 Å². The summed E-state index contributed by atoms with van der Waals surface area (Å²) in [4.78, 5) is -0.174. The van der Waals surface area contributed by atoms with Gasteiger partial charge in [-0.25, -0.2) is 26.3 Å². The molecule has 1 aliphatic rings. The molecular weight excluding hydrogens is 422 g/mol. The third-order valence-corrected chi connectivity index (χ3v) is 7.23. The van der Waals surface area contributed by atoms with Gasteiger partial charge >= 0.3 is 0 Å². The first kappa shape index (κ1) is 21.4. The molecule has 0 unspecified atom stereocenters. The van der Waals surface area contributed by atoms with Crippen LogP contribution in [0.5, 0.6) is 0 Å². The molecule has 29 heavy (non-hydrogen) atoms. The van der Waals surface area contributed by atoms with E-state index in [1.165, 1.54) is 36.4 Å². The first-order valence-corrected chi connectivity index (χ1v) is 11.4. The summed E-state index contributed by atoms with van der Waals surface area (Å²) in [7, 11) is -7.76. The number of rotatable bonds is 8. The lowest BCUT2D eigenvalue weighted by Gasteiger charge is -2.08. The molecule has 0 saturated heterocycles. The number of sulfonamides is 2. The minimum absolute atomic E-state index is 0.0356. The number of nitrogens with zero attached hydrogens (tertiary/aromatic N) is 1. The Morgan fingerprint density at radius 3 is 1.48 bits per heavy atom. The summed E-state index contributed by atoms with van der Waals surface area (Å²) in [5.41, 5.74) is 1.86. The maximum atomic E-state index is 12.3. The van der Waals surface area contributed by atoms with Gasteiger partial charge in [0.25, 0.3) is 0 Å². The lowest BCUT2D eigenvalue weighted by atomic mass is 10.1.